The molecule has 1 saturated heterocycles. The summed E-state index contributed by atoms with van der Waals surface area (Å²) < 4.78 is 0. The van der Waals surface area contributed by atoms with E-state index in [-0.39, 0.29) is 5.78 Å². The van der Waals surface area contributed by atoms with Gasteiger partial charge in [-0.3, -0.25) is 9.69 Å². The van der Waals surface area contributed by atoms with Gasteiger partial charge in [0.1, 0.15) is 0 Å². The molecule has 1 N–H and O–H groups in total. The van der Waals surface area contributed by atoms with Gasteiger partial charge in [-0.1, -0.05) is 24.6 Å². The fraction of sp³-hybridized carbons (Fsp3) is 0.438. The summed E-state index contributed by atoms with van der Waals surface area (Å²) in [6, 6.07) is 8.52. The van der Waals surface area contributed by atoms with Gasteiger partial charge < -0.3 is 4.98 Å². The molecule has 100 valence electrons. The number of carbonyl (C=O) groups excluding carboxylic acids is 1. The summed E-state index contributed by atoms with van der Waals surface area (Å²) in [5, 5.41) is 1.04. The fourth-order valence-electron chi connectivity index (χ4n) is 2.96. The molecule has 0 amide bonds. The molecule has 0 saturated carbocycles. The molecule has 0 aliphatic carbocycles. The average molecular weight is 256 g/mol. The van der Waals surface area contributed by atoms with E-state index in [2.05, 4.69) is 16.8 Å². The highest BCUT2D eigenvalue weighted by atomic mass is 16.1. The van der Waals surface area contributed by atoms with Gasteiger partial charge in [0.15, 0.2) is 5.78 Å². The number of H-pyrrole nitrogens is 1. The Morgan fingerprint density at radius 3 is 3.05 bits per heavy atom. The van der Waals surface area contributed by atoms with Gasteiger partial charge >= 0.3 is 0 Å². The Bertz CT molecular complexity index is 587. The SMILES string of the molecule is C[C@@H]1CCCCN1CC(=O)c1c[nH]c2ccccc12. The summed E-state index contributed by atoms with van der Waals surface area (Å²) >= 11 is 0. The zero-order valence-corrected chi connectivity index (χ0v) is 11.4. The molecule has 0 unspecified atom stereocenters. The lowest BCUT2D eigenvalue weighted by molar-refractivity contribution is 0.0862. The lowest BCUT2D eigenvalue weighted by atomic mass is 10.0. The van der Waals surface area contributed by atoms with Crippen molar-refractivity contribution in [2.24, 2.45) is 0 Å². The summed E-state index contributed by atoms with van der Waals surface area (Å²) in [5.41, 5.74) is 1.87. The van der Waals surface area contributed by atoms with E-state index in [9.17, 15) is 4.79 Å². The highest BCUT2D eigenvalue weighted by molar-refractivity contribution is 6.08. The molecular weight excluding hydrogens is 236 g/mol. The second-order valence-electron chi connectivity index (χ2n) is 5.49. The van der Waals surface area contributed by atoms with Crippen LogP contribution in [-0.4, -0.2) is 34.8 Å². The van der Waals surface area contributed by atoms with Crippen molar-refractivity contribution in [2.75, 3.05) is 13.1 Å². The maximum absolute atomic E-state index is 12.5. The van der Waals surface area contributed by atoms with E-state index in [0.29, 0.717) is 12.6 Å². The minimum absolute atomic E-state index is 0.228. The normalized spacial score (nSPS) is 20.8. The summed E-state index contributed by atoms with van der Waals surface area (Å²) in [4.78, 5) is 18.0. The van der Waals surface area contributed by atoms with Crippen LogP contribution in [0.15, 0.2) is 30.5 Å². The third kappa shape index (κ3) is 2.43. The van der Waals surface area contributed by atoms with E-state index in [0.717, 1.165) is 23.0 Å². The van der Waals surface area contributed by atoms with Gasteiger partial charge in [-0.05, 0) is 32.4 Å². The highest BCUT2D eigenvalue weighted by Gasteiger charge is 2.22. The zero-order valence-electron chi connectivity index (χ0n) is 11.4. The minimum atomic E-state index is 0.228. The van der Waals surface area contributed by atoms with Crippen molar-refractivity contribution in [3.63, 3.8) is 0 Å². The zero-order chi connectivity index (χ0) is 13.2. The molecular formula is C16H20N2O. The van der Waals surface area contributed by atoms with E-state index in [1.807, 2.05) is 30.5 Å². The second kappa shape index (κ2) is 5.17. The number of carbonyl (C=O) groups is 1. The number of nitrogens with zero attached hydrogens (tertiary/aromatic N) is 1. The quantitative estimate of drug-likeness (QED) is 0.856. The van der Waals surface area contributed by atoms with Crippen molar-refractivity contribution in [3.8, 4) is 0 Å². The smallest absolute Gasteiger partial charge is 0.178 e. The Morgan fingerprint density at radius 2 is 2.21 bits per heavy atom. The van der Waals surface area contributed by atoms with Gasteiger partial charge in [-0.25, -0.2) is 0 Å². The fourth-order valence-corrected chi connectivity index (χ4v) is 2.96. The van der Waals surface area contributed by atoms with E-state index in [4.69, 9.17) is 0 Å². The lowest BCUT2D eigenvalue weighted by Crippen LogP contribution is -2.40. The first-order valence-electron chi connectivity index (χ1n) is 7.09. The molecule has 1 aromatic heterocycles. The third-order valence-corrected chi connectivity index (χ3v) is 4.18. The molecule has 3 heteroatoms. The van der Waals surface area contributed by atoms with Crippen LogP contribution < -0.4 is 0 Å². The highest BCUT2D eigenvalue weighted by Crippen LogP contribution is 2.21. The maximum Gasteiger partial charge on any atom is 0.178 e. The van der Waals surface area contributed by atoms with Crippen molar-refractivity contribution in [1.29, 1.82) is 0 Å². The van der Waals surface area contributed by atoms with Crippen LogP contribution in [0.3, 0.4) is 0 Å². The number of hydrogen-bond acceptors (Lipinski definition) is 2. The van der Waals surface area contributed by atoms with Crippen LogP contribution in [-0.2, 0) is 0 Å². The number of aromatic amines is 1. The first-order valence-corrected chi connectivity index (χ1v) is 7.09. The van der Waals surface area contributed by atoms with Crippen molar-refractivity contribution >= 4 is 16.7 Å². The Labute approximate surface area is 113 Å². The van der Waals surface area contributed by atoms with Crippen LogP contribution in [0.1, 0.15) is 36.5 Å². The van der Waals surface area contributed by atoms with E-state index in [1.54, 1.807) is 0 Å². The van der Waals surface area contributed by atoms with Gasteiger partial charge in [0.2, 0.25) is 0 Å². The predicted octanol–water partition coefficient (Wildman–Crippen LogP) is 3.23. The number of aromatic nitrogens is 1. The second-order valence-corrected chi connectivity index (χ2v) is 5.49. The predicted molar refractivity (Wildman–Crippen MR) is 77.5 cm³/mol. The molecule has 3 nitrogen and oxygen atoms in total. The van der Waals surface area contributed by atoms with Crippen molar-refractivity contribution < 1.29 is 4.79 Å². The molecule has 0 spiro atoms. The van der Waals surface area contributed by atoms with Crippen LogP contribution in [0.5, 0.6) is 0 Å². The molecule has 3 rings (SSSR count). The first-order chi connectivity index (χ1) is 9.25. The van der Waals surface area contributed by atoms with Crippen molar-refractivity contribution in [3.05, 3.63) is 36.0 Å². The number of para-hydroxylation sites is 1. The molecule has 0 bridgehead atoms. The Balaban J connectivity index is 1.80. The number of nitrogens with one attached hydrogen (secondary N) is 1. The Kier molecular flexibility index (Phi) is 3.38. The molecule has 1 atom stereocenters. The Hall–Kier alpha value is -1.61. The number of rotatable bonds is 3. The molecule has 1 aromatic carbocycles. The minimum Gasteiger partial charge on any atom is -0.360 e. The molecule has 19 heavy (non-hydrogen) atoms. The third-order valence-electron chi connectivity index (χ3n) is 4.18. The summed E-state index contributed by atoms with van der Waals surface area (Å²) in [7, 11) is 0. The van der Waals surface area contributed by atoms with E-state index < -0.39 is 0 Å². The molecule has 2 heterocycles. The summed E-state index contributed by atoms with van der Waals surface area (Å²) in [5.74, 6) is 0.228. The largest absolute Gasteiger partial charge is 0.360 e. The van der Waals surface area contributed by atoms with Gasteiger partial charge in [-0.2, -0.15) is 0 Å². The summed E-state index contributed by atoms with van der Waals surface area (Å²) in [6.07, 6.45) is 5.56. The van der Waals surface area contributed by atoms with Crippen LogP contribution in [0, 0.1) is 0 Å². The standard InChI is InChI=1S/C16H20N2O/c1-12-6-4-5-9-18(12)11-16(19)14-10-17-15-8-3-2-7-13(14)15/h2-3,7-8,10,12,17H,4-6,9,11H2,1H3/t12-/m1/s1. The van der Waals surface area contributed by atoms with Crippen LogP contribution in [0.25, 0.3) is 10.9 Å². The maximum atomic E-state index is 12.5. The topological polar surface area (TPSA) is 36.1 Å². The number of fused-ring (bicyclic) bond motifs is 1. The molecule has 1 aliphatic heterocycles. The number of benzene rings is 1. The van der Waals surface area contributed by atoms with Gasteiger partial charge in [0, 0.05) is 28.7 Å². The summed E-state index contributed by atoms with van der Waals surface area (Å²) in [6.45, 7) is 3.82. The van der Waals surface area contributed by atoms with Gasteiger partial charge in [0.25, 0.3) is 0 Å². The number of Topliss-reactive ketones (excluding diaryl/α,β-unsaturated/α-hetero) is 1. The average Bonchev–Trinajstić information content (AvgIpc) is 2.85. The van der Waals surface area contributed by atoms with E-state index >= 15 is 0 Å². The van der Waals surface area contributed by atoms with Crippen LogP contribution >= 0.6 is 0 Å². The molecule has 1 fully saturated rings. The van der Waals surface area contributed by atoms with Crippen LogP contribution in [0.2, 0.25) is 0 Å². The molecule has 0 radical (unpaired) electrons. The monoisotopic (exact) mass is 256 g/mol. The number of likely N-dealkylation sites (tertiary alicyclic amines) is 1. The van der Waals surface area contributed by atoms with E-state index in [1.165, 1.54) is 19.3 Å². The Morgan fingerprint density at radius 1 is 1.37 bits per heavy atom. The number of hydrogen-bond donors (Lipinski definition) is 1. The lowest BCUT2D eigenvalue weighted by Gasteiger charge is -2.32. The van der Waals surface area contributed by atoms with Gasteiger partial charge in [-0.15, -0.1) is 0 Å². The van der Waals surface area contributed by atoms with Crippen molar-refractivity contribution in [1.82, 2.24) is 9.88 Å². The number of piperidine rings is 1. The molecule has 2 aromatic rings. The van der Waals surface area contributed by atoms with Crippen LogP contribution in [0.4, 0.5) is 0 Å². The number of ketones is 1. The van der Waals surface area contributed by atoms with Gasteiger partial charge in [0.05, 0.1) is 6.54 Å². The first kappa shape index (κ1) is 12.4. The van der Waals surface area contributed by atoms with Crippen molar-refractivity contribution in [2.45, 2.75) is 32.2 Å². The molecule has 1 aliphatic rings.